The normalized spacial score (nSPS) is 13.3. The molecule has 20 heavy (non-hydrogen) atoms. The van der Waals surface area contributed by atoms with Crippen LogP contribution in [-0.4, -0.2) is 42.7 Å². The summed E-state index contributed by atoms with van der Waals surface area (Å²) >= 11 is 0. The van der Waals surface area contributed by atoms with Crippen molar-refractivity contribution < 1.29 is 23.1 Å². The fourth-order valence-corrected chi connectivity index (χ4v) is 1.52. The molecule has 0 amide bonds. The van der Waals surface area contributed by atoms with Crippen LogP contribution in [0.2, 0.25) is 0 Å². The maximum atomic E-state index is 12.8. The Hall–Kier alpha value is -1.76. The highest BCUT2D eigenvalue weighted by Gasteiger charge is 2.35. The number of halogens is 3. The van der Waals surface area contributed by atoms with Gasteiger partial charge in [-0.25, -0.2) is 4.79 Å². The van der Waals surface area contributed by atoms with Gasteiger partial charge in [0.05, 0.1) is 11.1 Å². The van der Waals surface area contributed by atoms with Crippen LogP contribution < -0.4 is 5.32 Å². The number of benzene rings is 1. The summed E-state index contributed by atoms with van der Waals surface area (Å²) in [6.45, 7) is 2.38. The lowest BCUT2D eigenvalue weighted by Crippen LogP contribution is -2.31. The van der Waals surface area contributed by atoms with Gasteiger partial charge in [0.1, 0.15) is 0 Å². The molecular formula is C13H17F3N2O2. The molecule has 0 aliphatic carbocycles. The molecule has 1 unspecified atom stereocenters. The first kappa shape index (κ1) is 16.3. The van der Waals surface area contributed by atoms with Gasteiger partial charge < -0.3 is 15.3 Å². The van der Waals surface area contributed by atoms with E-state index in [1.807, 2.05) is 25.9 Å². The highest BCUT2D eigenvalue weighted by atomic mass is 19.4. The van der Waals surface area contributed by atoms with Crippen LogP contribution >= 0.6 is 0 Å². The van der Waals surface area contributed by atoms with Gasteiger partial charge in [-0.05, 0) is 39.2 Å². The van der Waals surface area contributed by atoms with Crippen LogP contribution in [-0.2, 0) is 6.18 Å². The van der Waals surface area contributed by atoms with Crippen molar-refractivity contribution in [2.45, 2.75) is 19.1 Å². The van der Waals surface area contributed by atoms with Gasteiger partial charge in [0.2, 0.25) is 0 Å². The summed E-state index contributed by atoms with van der Waals surface area (Å²) < 4.78 is 38.4. The van der Waals surface area contributed by atoms with Crippen LogP contribution in [0.25, 0.3) is 0 Å². The highest BCUT2D eigenvalue weighted by Crippen LogP contribution is 2.33. The van der Waals surface area contributed by atoms with Gasteiger partial charge in [-0.1, -0.05) is 0 Å². The molecule has 1 aromatic carbocycles. The minimum atomic E-state index is -4.70. The summed E-state index contributed by atoms with van der Waals surface area (Å²) in [7, 11) is 3.72. The summed E-state index contributed by atoms with van der Waals surface area (Å²) in [4.78, 5) is 12.7. The van der Waals surface area contributed by atoms with Crippen LogP contribution in [0.15, 0.2) is 18.2 Å². The van der Waals surface area contributed by atoms with E-state index in [2.05, 4.69) is 5.32 Å². The fraction of sp³-hybridized carbons (Fsp3) is 0.462. The molecule has 1 rings (SSSR count). The predicted octanol–water partition coefficient (Wildman–Crippen LogP) is 2.77. The van der Waals surface area contributed by atoms with Crippen LogP contribution in [0.5, 0.6) is 0 Å². The SMILES string of the molecule is CC(CNc1ccc(C(=O)O)c(C(F)(F)F)c1)N(C)C. The second-order valence-electron chi connectivity index (χ2n) is 4.76. The third-order valence-corrected chi connectivity index (χ3v) is 3.04. The molecule has 112 valence electrons. The Morgan fingerprint density at radius 2 is 2.00 bits per heavy atom. The Morgan fingerprint density at radius 3 is 2.45 bits per heavy atom. The summed E-state index contributed by atoms with van der Waals surface area (Å²) in [5.74, 6) is -1.59. The largest absolute Gasteiger partial charge is 0.478 e. The fourth-order valence-electron chi connectivity index (χ4n) is 1.52. The van der Waals surface area contributed by atoms with E-state index in [1.54, 1.807) is 0 Å². The Labute approximate surface area is 115 Å². The van der Waals surface area contributed by atoms with Gasteiger partial charge >= 0.3 is 12.1 Å². The topological polar surface area (TPSA) is 52.6 Å². The van der Waals surface area contributed by atoms with E-state index in [9.17, 15) is 18.0 Å². The van der Waals surface area contributed by atoms with Crippen molar-refractivity contribution in [1.29, 1.82) is 0 Å². The van der Waals surface area contributed by atoms with E-state index in [0.29, 0.717) is 6.54 Å². The number of hydrogen-bond donors (Lipinski definition) is 2. The molecule has 2 N–H and O–H groups in total. The molecule has 0 aliphatic heterocycles. The number of anilines is 1. The summed E-state index contributed by atoms with van der Waals surface area (Å²) in [6, 6.07) is 3.25. The molecule has 0 aliphatic rings. The Kier molecular flexibility index (Phi) is 4.99. The molecule has 0 saturated heterocycles. The zero-order valence-electron chi connectivity index (χ0n) is 11.5. The molecule has 0 radical (unpaired) electrons. The molecule has 0 saturated carbocycles. The molecule has 0 spiro atoms. The van der Waals surface area contributed by atoms with Crippen LogP contribution in [0, 0.1) is 0 Å². The van der Waals surface area contributed by atoms with E-state index >= 15 is 0 Å². The molecular weight excluding hydrogens is 273 g/mol. The first-order chi connectivity index (χ1) is 9.12. The van der Waals surface area contributed by atoms with Crippen molar-refractivity contribution in [2.75, 3.05) is 26.0 Å². The Balaban J connectivity index is 2.99. The van der Waals surface area contributed by atoms with Gasteiger partial charge in [0.25, 0.3) is 0 Å². The number of carbonyl (C=O) groups is 1. The molecule has 0 heterocycles. The minimum Gasteiger partial charge on any atom is -0.478 e. The molecule has 1 atom stereocenters. The average molecular weight is 290 g/mol. The van der Waals surface area contributed by atoms with Crippen molar-refractivity contribution in [2.24, 2.45) is 0 Å². The number of carboxylic acid groups (broad SMARTS) is 1. The molecule has 0 bridgehead atoms. The number of alkyl halides is 3. The third kappa shape index (κ3) is 4.12. The van der Waals surface area contributed by atoms with Crippen molar-refractivity contribution in [1.82, 2.24) is 4.90 Å². The van der Waals surface area contributed by atoms with Crippen molar-refractivity contribution in [3.8, 4) is 0 Å². The van der Waals surface area contributed by atoms with Gasteiger partial charge in [0, 0.05) is 18.3 Å². The van der Waals surface area contributed by atoms with Crippen molar-refractivity contribution in [3.63, 3.8) is 0 Å². The van der Waals surface area contributed by atoms with Crippen LogP contribution in [0.4, 0.5) is 18.9 Å². The average Bonchev–Trinajstić information content (AvgIpc) is 2.34. The second-order valence-corrected chi connectivity index (χ2v) is 4.76. The van der Waals surface area contributed by atoms with E-state index < -0.39 is 23.3 Å². The number of carboxylic acids is 1. The smallest absolute Gasteiger partial charge is 0.417 e. The standard InChI is InChI=1S/C13H17F3N2O2/c1-8(18(2)3)7-17-9-4-5-10(12(19)20)11(6-9)13(14,15)16/h4-6,8,17H,7H2,1-3H3,(H,19,20). The van der Waals surface area contributed by atoms with Crippen molar-refractivity contribution in [3.05, 3.63) is 29.3 Å². The maximum Gasteiger partial charge on any atom is 0.417 e. The number of nitrogens with one attached hydrogen (secondary N) is 1. The summed E-state index contributed by atoms with van der Waals surface area (Å²) in [5, 5.41) is 11.7. The predicted molar refractivity (Wildman–Crippen MR) is 70.0 cm³/mol. The molecule has 0 aromatic heterocycles. The molecule has 1 aromatic rings. The lowest BCUT2D eigenvalue weighted by Gasteiger charge is -2.21. The van der Waals surface area contributed by atoms with Gasteiger partial charge in [-0.2, -0.15) is 13.2 Å². The van der Waals surface area contributed by atoms with Gasteiger partial charge in [-0.3, -0.25) is 0 Å². The molecule has 4 nitrogen and oxygen atoms in total. The number of hydrogen-bond acceptors (Lipinski definition) is 3. The summed E-state index contributed by atoms with van der Waals surface area (Å²) in [6.07, 6.45) is -4.70. The van der Waals surface area contributed by atoms with E-state index in [1.165, 1.54) is 6.07 Å². The number of rotatable bonds is 5. The quantitative estimate of drug-likeness (QED) is 0.875. The zero-order valence-corrected chi connectivity index (χ0v) is 11.5. The lowest BCUT2D eigenvalue weighted by atomic mass is 10.1. The van der Waals surface area contributed by atoms with E-state index in [4.69, 9.17) is 5.11 Å². The Morgan fingerprint density at radius 1 is 1.40 bits per heavy atom. The maximum absolute atomic E-state index is 12.8. The third-order valence-electron chi connectivity index (χ3n) is 3.04. The number of nitrogens with zero attached hydrogens (tertiary/aromatic N) is 1. The van der Waals surface area contributed by atoms with E-state index in [-0.39, 0.29) is 11.7 Å². The number of likely N-dealkylation sites (N-methyl/N-ethyl adjacent to an activating group) is 1. The first-order valence-corrected chi connectivity index (χ1v) is 5.97. The minimum absolute atomic E-state index is 0.128. The van der Waals surface area contributed by atoms with Gasteiger partial charge in [-0.15, -0.1) is 0 Å². The van der Waals surface area contributed by atoms with Crippen LogP contribution in [0.1, 0.15) is 22.8 Å². The van der Waals surface area contributed by atoms with E-state index in [0.717, 1.165) is 12.1 Å². The Bertz CT molecular complexity index is 487. The van der Waals surface area contributed by atoms with Crippen molar-refractivity contribution >= 4 is 11.7 Å². The lowest BCUT2D eigenvalue weighted by molar-refractivity contribution is -0.138. The zero-order chi connectivity index (χ0) is 15.5. The second kappa shape index (κ2) is 6.13. The molecule has 0 fully saturated rings. The van der Waals surface area contributed by atoms with Gasteiger partial charge in [0.15, 0.2) is 0 Å². The first-order valence-electron chi connectivity index (χ1n) is 5.97. The molecule has 7 heteroatoms. The highest BCUT2D eigenvalue weighted by molar-refractivity contribution is 5.90. The van der Waals surface area contributed by atoms with Crippen LogP contribution in [0.3, 0.4) is 0 Å². The summed E-state index contributed by atoms with van der Waals surface area (Å²) in [5.41, 5.74) is -1.65. The monoisotopic (exact) mass is 290 g/mol. The number of aromatic carboxylic acids is 1.